The lowest BCUT2D eigenvalue weighted by Gasteiger charge is -2.28. The molecule has 0 unspecified atom stereocenters. The minimum atomic E-state index is 0.119. The van der Waals surface area contributed by atoms with Crippen molar-refractivity contribution in [1.29, 1.82) is 0 Å². The molecule has 0 fully saturated rings. The average molecular weight is 203 g/mol. The summed E-state index contributed by atoms with van der Waals surface area (Å²) < 4.78 is 0. The molecule has 0 saturated carbocycles. The summed E-state index contributed by atoms with van der Waals surface area (Å²) in [6, 6.07) is 5.11. The monoisotopic (exact) mass is 203 g/mol. The number of phenols is 1. The van der Waals surface area contributed by atoms with Gasteiger partial charge in [-0.1, -0.05) is 6.08 Å². The molecule has 2 rings (SSSR count). The number of aryl methyl sites for hydroxylation is 1. The lowest BCUT2D eigenvalue weighted by atomic mass is 10.0. The standard InChI is InChI=1S/C12H13NO2/c1-2-7-13-11-5-4-10(14)8-9(11)3-6-12(13)15/h2,4-5,8,14H,1,3,6-7H2. The third-order valence-corrected chi connectivity index (χ3v) is 2.57. The van der Waals surface area contributed by atoms with Crippen molar-refractivity contribution in [1.82, 2.24) is 0 Å². The predicted molar refractivity (Wildman–Crippen MR) is 59.0 cm³/mol. The van der Waals surface area contributed by atoms with Crippen molar-refractivity contribution in [3.63, 3.8) is 0 Å². The first-order valence-corrected chi connectivity index (χ1v) is 4.95. The molecule has 1 heterocycles. The highest BCUT2D eigenvalue weighted by molar-refractivity contribution is 5.96. The SMILES string of the molecule is C=CCN1C(=O)CCc2cc(O)ccc21. The van der Waals surface area contributed by atoms with E-state index >= 15 is 0 Å². The number of carbonyl (C=O) groups is 1. The zero-order valence-corrected chi connectivity index (χ0v) is 8.44. The van der Waals surface area contributed by atoms with Gasteiger partial charge in [-0.05, 0) is 30.2 Å². The average Bonchev–Trinajstić information content (AvgIpc) is 2.22. The molecule has 1 aromatic rings. The van der Waals surface area contributed by atoms with Gasteiger partial charge in [0.1, 0.15) is 5.75 Å². The number of nitrogens with zero attached hydrogens (tertiary/aromatic N) is 1. The van der Waals surface area contributed by atoms with Crippen LogP contribution < -0.4 is 4.90 Å². The number of hydrogen-bond acceptors (Lipinski definition) is 2. The van der Waals surface area contributed by atoms with Crippen LogP contribution in [0.1, 0.15) is 12.0 Å². The summed E-state index contributed by atoms with van der Waals surface area (Å²) in [5, 5.41) is 9.35. The van der Waals surface area contributed by atoms with E-state index in [-0.39, 0.29) is 11.7 Å². The van der Waals surface area contributed by atoms with E-state index in [0.29, 0.717) is 19.4 Å². The van der Waals surface area contributed by atoms with Crippen LogP contribution in [0.2, 0.25) is 0 Å². The molecule has 78 valence electrons. The summed E-state index contributed by atoms with van der Waals surface area (Å²) in [6.07, 6.45) is 2.92. The second-order valence-electron chi connectivity index (χ2n) is 3.61. The molecule has 0 atom stereocenters. The fourth-order valence-electron chi connectivity index (χ4n) is 1.88. The maximum atomic E-state index is 11.6. The number of hydrogen-bond donors (Lipinski definition) is 1. The number of anilines is 1. The Kier molecular flexibility index (Phi) is 2.46. The molecule has 0 radical (unpaired) electrons. The normalized spacial score (nSPS) is 14.9. The van der Waals surface area contributed by atoms with Crippen molar-refractivity contribution >= 4 is 11.6 Å². The number of phenolic OH excluding ortho intramolecular Hbond substituents is 1. The summed E-state index contributed by atoms with van der Waals surface area (Å²) in [6.45, 7) is 4.16. The van der Waals surface area contributed by atoms with E-state index < -0.39 is 0 Å². The third kappa shape index (κ3) is 1.73. The van der Waals surface area contributed by atoms with Crippen LogP contribution in [-0.4, -0.2) is 17.6 Å². The number of amides is 1. The van der Waals surface area contributed by atoms with E-state index in [1.54, 1.807) is 29.2 Å². The number of benzene rings is 1. The Morgan fingerprint density at radius 2 is 2.27 bits per heavy atom. The predicted octanol–water partition coefficient (Wildman–Crippen LogP) is 1.86. The summed E-state index contributed by atoms with van der Waals surface area (Å²) in [7, 11) is 0. The lowest BCUT2D eigenvalue weighted by molar-refractivity contribution is -0.118. The quantitative estimate of drug-likeness (QED) is 0.745. The van der Waals surface area contributed by atoms with Crippen LogP contribution in [0.3, 0.4) is 0 Å². The van der Waals surface area contributed by atoms with Gasteiger partial charge in [-0.15, -0.1) is 6.58 Å². The van der Waals surface area contributed by atoms with Gasteiger partial charge in [-0.3, -0.25) is 4.79 Å². The zero-order chi connectivity index (χ0) is 10.8. The van der Waals surface area contributed by atoms with Gasteiger partial charge >= 0.3 is 0 Å². The zero-order valence-electron chi connectivity index (χ0n) is 8.44. The van der Waals surface area contributed by atoms with Crippen LogP contribution in [0.4, 0.5) is 5.69 Å². The summed E-state index contributed by atoms with van der Waals surface area (Å²) >= 11 is 0. The molecule has 0 aromatic heterocycles. The van der Waals surface area contributed by atoms with Gasteiger partial charge in [0.05, 0.1) is 0 Å². The molecule has 0 aliphatic carbocycles. The summed E-state index contributed by atoms with van der Waals surface area (Å²) in [5.74, 6) is 0.370. The number of rotatable bonds is 2. The molecule has 0 saturated heterocycles. The largest absolute Gasteiger partial charge is 0.508 e. The van der Waals surface area contributed by atoms with Crippen molar-refractivity contribution in [3.8, 4) is 5.75 Å². The number of carbonyl (C=O) groups excluding carboxylic acids is 1. The Hall–Kier alpha value is -1.77. The Morgan fingerprint density at radius 3 is 3.00 bits per heavy atom. The molecule has 1 N–H and O–H groups in total. The van der Waals surface area contributed by atoms with Crippen LogP contribution in [0, 0.1) is 0 Å². The Balaban J connectivity index is 2.43. The Bertz CT molecular complexity index is 412. The molecule has 1 amide bonds. The minimum absolute atomic E-state index is 0.119. The van der Waals surface area contributed by atoms with Crippen molar-refractivity contribution in [2.75, 3.05) is 11.4 Å². The second-order valence-corrected chi connectivity index (χ2v) is 3.61. The number of aromatic hydroxyl groups is 1. The fourth-order valence-corrected chi connectivity index (χ4v) is 1.88. The fraction of sp³-hybridized carbons (Fsp3) is 0.250. The molecule has 1 aliphatic rings. The highest BCUT2D eigenvalue weighted by Gasteiger charge is 2.22. The highest BCUT2D eigenvalue weighted by atomic mass is 16.3. The molecule has 15 heavy (non-hydrogen) atoms. The van der Waals surface area contributed by atoms with Crippen molar-refractivity contribution in [3.05, 3.63) is 36.4 Å². The van der Waals surface area contributed by atoms with E-state index in [9.17, 15) is 9.90 Å². The van der Waals surface area contributed by atoms with Crippen molar-refractivity contribution < 1.29 is 9.90 Å². The van der Waals surface area contributed by atoms with Gasteiger partial charge < -0.3 is 10.0 Å². The first kappa shape index (κ1) is 9.77. The molecule has 3 heteroatoms. The lowest BCUT2D eigenvalue weighted by Crippen LogP contribution is -2.35. The topological polar surface area (TPSA) is 40.5 Å². The first-order valence-electron chi connectivity index (χ1n) is 4.95. The van der Waals surface area contributed by atoms with Gasteiger partial charge in [0, 0.05) is 18.7 Å². The minimum Gasteiger partial charge on any atom is -0.508 e. The van der Waals surface area contributed by atoms with Crippen LogP contribution in [-0.2, 0) is 11.2 Å². The molecular weight excluding hydrogens is 190 g/mol. The molecule has 0 bridgehead atoms. The van der Waals surface area contributed by atoms with E-state index in [2.05, 4.69) is 6.58 Å². The Labute approximate surface area is 88.6 Å². The number of fused-ring (bicyclic) bond motifs is 1. The van der Waals surface area contributed by atoms with Gasteiger partial charge in [0.2, 0.25) is 5.91 Å². The second kappa shape index (κ2) is 3.77. The molecular formula is C12H13NO2. The van der Waals surface area contributed by atoms with Crippen LogP contribution in [0.5, 0.6) is 5.75 Å². The summed E-state index contributed by atoms with van der Waals surface area (Å²) in [4.78, 5) is 13.3. The van der Waals surface area contributed by atoms with E-state index in [4.69, 9.17) is 0 Å². The maximum absolute atomic E-state index is 11.6. The van der Waals surface area contributed by atoms with Crippen LogP contribution in [0.25, 0.3) is 0 Å². The highest BCUT2D eigenvalue weighted by Crippen LogP contribution is 2.30. The summed E-state index contributed by atoms with van der Waals surface area (Å²) in [5.41, 5.74) is 1.92. The first-order chi connectivity index (χ1) is 7.22. The maximum Gasteiger partial charge on any atom is 0.227 e. The third-order valence-electron chi connectivity index (χ3n) is 2.57. The Morgan fingerprint density at radius 1 is 1.47 bits per heavy atom. The van der Waals surface area contributed by atoms with Gasteiger partial charge in [-0.2, -0.15) is 0 Å². The van der Waals surface area contributed by atoms with Gasteiger partial charge in [-0.25, -0.2) is 0 Å². The van der Waals surface area contributed by atoms with E-state index in [1.807, 2.05) is 0 Å². The van der Waals surface area contributed by atoms with Gasteiger partial charge in [0.15, 0.2) is 0 Å². The molecule has 3 nitrogen and oxygen atoms in total. The van der Waals surface area contributed by atoms with Crippen molar-refractivity contribution in [2.24, 2.45) is 0 Å². The molecule has 0 spiro atoms. The van der Waals surface area contributed by atoms with Crippen LogP contribution in [0.15, 0.2) is 30.9 Å². The smallest absolute Gasteiger partial charge is 0.227 e. The molecule has 1 aliphatic heterocycles. The van der Waals surface area contributed by atoms with E-state index in [0.717, 1.165) is 11.3 Å². The van der Waals surface area contributed by atoms with Crippen molar-refractivity contribution in [2.45, 2.75) is 12.8 Å². The van der Waals surface area contributed by atoms with E-state index in [1.165, 1.54) is 0 Å². The van der Waals surface area contributed by atoms with Crippen LogP contribution >= 0.6 is 0 Å². The van der Waals surface area contributed by atoms with Gasteiger partial charge in [0.25, 0.3) is 0 Å². The molecule has 1 aromatic carbocycles.